The third-order valence-electron chi connectivity index (χ3n) is 3.35. The molecule has 0 saturated carbocycles. The number of carbonyl (C=O) groups excluding carboxylic acids is 1. The predicted molar refractivity (Wildman–Crippen MR) is 75.3 cm³/mol. The molecule has 21 heavy (non-hydrogen) atoms. The fourth-order valence-corrected chi connectivity index (χ4v) is 2.48. The van der Waals surface area contributed by atoms with Gasteiger partial charge >= 0.3 is 5.97 Å². The Hall–Kier alpha value is -1.92. The van der Waals surface area contributed by atoms with Gasteiger partial charge in [0.15, 0.2) is 0 Å². The number of morpholine rings is 1. The number of carbonyl (C=O) groups is 2. The van der Waals surface area contributed by atoms with Crippen molar-refractivity contribution in [1.29, 1.82) is 0 Å². The number of amides is 1. The summed E-state index contributed by atoms with van der Waals surface area (Å²) in [6.45, 7) is 4.32. The van der Waals surface area contributed by atoms with Crippen LogP contribution in [0.25, 0.3) is 0 Å². The highest BCUT2D eigenvalue weighted by Crippen LogP contribution is 2.22. The van der Waals surface area contributed by atoms with E-state index in [1.807, 2.05) is 13.8 Å². The van der Waals surface area contributed by atoms with E-state index in [0.717, 1.165) is 0 Å². The molecule has 114 valence electrons. The van der Waals surface area contributed by atoms with Gasteiger partial charge < -0.3 is 19.8 Å². The Morgan fingerprint density at radius 3 is 2.38 bits per heavy atom. The Morgan fingerprint density at radius 1 is 1.29 bits per heavy atom. The summed E-state index contributed by atoms with van der Waals surface area (Å²) < 4.78 is 5.67. The van der Waals surface area contributed by atoms with E-state index in [1.165, 1.54) is 24.3 Å². The number of hydrogen-bond donors (Lipinski definition) is 2. The van der Waals surface area contributed by atoms with E-state index in [2.05, 4.69) is 0 Å². The maximum absolute atomic E-state index is 12.5. The molecule has 1 saturated heterocycles. The molecular weight excluding hydrogens is 274 g/mol. The Balaban J connectivity index is 2.16. The maximum atomic E-state index is 12.5. The van der Waals surface area contributed by atoms with Gasteiger partial charge in [0.1, 0.15) is 0 Å². The average Bonchev–Trinajstić information content (AvgIpc) is 2.44. The van der Waals surface area contributed by atoms with E-state index in [-0.39, 0.29) is 18.1 Å². The molecule has 0 aromatic heterocycles. The summed E-state index contributed by atoms with van der Waals surface area (Å²) in [4.78, 5) is 24.9. The molecule has 2 rings (SSSR count). The third-order valence-corrected chi connectivity index (χ3v) is 3.35. The molecule has 1 fully saturated rings. The van der Waals surface area contributed by atoms with Crippen LogP contribution in [0.2, 0.25) is 0 Å². The Bertz CT molecular complexity index is 537. The summed E-state index contributed by atoms with van der Waals surface area (Å²) in [5.74, 6) is -1.22. The van der Waals surface area contributed by atoms with Crippen LogP contribution in [-0.2, 0) is 4.74 Å². The van der Waals surface area contributed by atoms with E-state index in [4.69, 9.17) is 9.84 Å². The normalized spacial score (nSPS) is 21.1. The van der Waals surface area contributed by atoms with E-state index < -0.39 is 17.7 Å². The lowest BCUT2D eigenvalue weighted by molar-refractivity contribution is -0.139. The van der Waals surface area contributed by atoms with Crippen molar-refractivity contribution >= 4 is 11.9 Å². The first-order valence-corrected chi connectivity index (χ1v) is 6.74. The molecule has 0 spiro atoms. The monoisotopic (exact) mass is 293 g/mol. The third kappa shape index (κ3) is 3.59. The molecule has 1 aliphatic rings. The summed E-state index contributed by atoms with van der Waals surface area (Å²) in [6.07, 6.45) is -0.406. The highest BCUT2D eigenvalue weighted by atomic mass is 16.5. The van der Waals surface area contributed by atoms with Gasteiger partial charge in [-0.2, -0.15) is 0 Å². The zero-order valence-corrected chi connectivity index (χ0v) is 12.1. The minimum atomic E-state index is -1.03. The van der Waals surface area contributed by atoms with Gasteiger partial charge in [-0.1, -0.05) is 0 Å². The fraction of sp³-hybridized carbons (Fsp3) is 0.467. The minimum absolute atomic E-state index is 0.141. The van der Waals surface area contributed by atoms with Crippen LogP contribution in [-0.4, -0.2) is 58.4 Å². The maximum Gasteiger partial charge on any atom is 0.335 e. The fourth-order valence-electron chi connectivity index (χ4n) is 2.48. The van der Waals surface area contributed by atoms with Crippen LogP contribution in [0.5, 0.6) is 0 Å². The number of carboxylic acids is 1. The lowest BCUT2D eigenvalue weighted by atomic mass is 10.0. The quantitative estimate of drug-likeness (QED) is 0.868. The van der Waals surface area contributed by atoms with E-state index in [1.54, 1.807) is 4.90 Å². The van der Waals surface area contributed by atoms with E-state index >= 15 is 0 Å². The molecule has 0 aliphatic carbocycles. The van der Waals surface area contributed by atoms with Gasteiger partial charge in [-0.3, -0.25) is 4.79 Å². The first-order valence-electron chi connectivity index (χ1n) is 6.74. The second-order valence-electron chi connectivity index (χ2n) is 5.75. The number of nitrogens with zero attached hydrogens (tertiary/aromatic N) is 1. The van der Waals surface area contributed by atoms with Crippen LogP contribution in [0.15, 0.2) is 24.3 Å². The number of carboxylic acid groups (broad SMARTS) is 1. The molecular formula is C15H19NO5. The largest absolute Gasteiger partial charge is 0.478 e. The number of ether oxygens (including phenoxy) is 1. The highest BCUT2D eigenvalue weighted by Gasteiger charge is 2.35. The van der Waals surface area contributed by atoms with Crippen molar-refractivity contribution in [1.82, 2.24) is 4.90 Å². The van der Waals surface area contributed by atoms with Gasteiger partial charge in [0.25, 0.3) is 5.91 Å². The molecule has 1 heterocycles. The van der Waals surface area contributed by atoms with Crippen LogP contribution < -0.4 is 0 Å². The smallest absolute Gasteiger partial charge is 0.335 e. The number of hydrogen-bond acceptors (Lipinski definition) is 4. The number of benzene rings is 1. The molecule has 0 bridgehead atoms. The Kier molecular flexibility index (Phi) is 4.29. The molecule has 6 nitrogen and oxygen atoms in total. The molecule has 1 amide bonds. The SMILES string of the molecule is CC1(C)CN(C(=O)c2ccc(C(=O)O)cc2)CC(CO)O1. The number of rotatable bonds is 3. The Morgan fingerprint density at radius 2 is 1.86 bits per heavy atom. The molecule has 1 unspecified atom stereocenters. The van der Waals surface area contributed by atoms with Crippen LogP contribution in [0.4, 0.5) is 0 Å². The molecule has 0 radical (unpaired) electrons. The van der Waals surface area contributed by atoms with Crippen molar-refractivity contribution in [2.45, 2.75) is 25.6 Å². The zero-order valence-electron chi connectivity index (χ0n) is 12.1. The second-order valence-corrected chi connectivity index (χ2v) is 5.75. The molecule has 1 aromatic rings. The van der Waals surface area contributed by atoms with Crippen molar-refractivity contribution in [3.63, 3.8) is 0 Å². The van der Waals surface area contributed by atoms with E-state index in [0.29, 0.717) is 18.7 Å². The van der Waals surface area contributed by atoms with Crippen LogP contribution in [0, 0.1) is 0 Å². The van der Waals surface area contributed by atoms with Crippen molar-refractivity contribution < 1.29 is 24.5 Å². The van der Waals surface area contributed by atoms with Crippen LogP contribution >= 0.6 is 0 Å². The summed E-state index contributed by atoms with van der Waals surface area (Å²) in [6, 6.07) is 5.82. The van der Waals surface area contributed by atoms with Gasteiger partial charge in [-0.25, -0.2) is 4.79 Å². The summed E-state index contributed by atoms with van der Waals surface area (Å²) in [5.41, 5.74) is 0.0407. The van der Waals surface area contributed by atoms with E-state index in [9.17, 15) is 14.7 Å². The van der Waals surface area contributed by atoms with Gasteiger partial charge in [0.05, 0.1) is 23.9 Å². The number of aromatic carboxylic acids is 1. The second kappa shape index (κ2) is 5.83. The first-order chi connectivity index (χ1) is 9.82. The minimum Gasteiger partial charge on any atom is -0.478 e. The van der Waals surface area contributed by atoms with Crippen molar-refractivity contribution in [3.05, 3.63) is 35.4 Å². The average molecular weight is 293 g/mol. The summed E-state index contributed by atoms with van der Waals surface area (Å²) in [7, 11) is 0. The van der Waals surface area contributed by atoms with Gasteiger partial charge in [-0.15, -0.1) is 0 Å². The molecule has 1 atom stereocenters. The number of aliphatic hydroxyl groups is 1. The highest BCUT2D eigenvalue weighted by molar-refractivity contribution is 5.96. The van der Waals surface area contributed by atoms with Gasteiger partial charge in [-0.05, 0) is 38.1 Å². The lowest BCUT2D eigenvalue weighted by Crippen LogP contribution is -2.55. The topological polar surface area (TPSA) is 87.1 Å². The van der Waals surface area contributed by atoms with Crippen molar-refractivity contribution in [3.8, 4) is 0 Å². The van der Waals surface area contributed by atoms with Gasteiger partial charge in [0, 0.05) is 18.7 Å². The van der Waals surface area contributed by atoms with Gasteiger partial charge in [0.2, 0.25) is 0 Å². The molecule has 1 aromatic carbocycles. The molecule has 2 N–H and O–H groups in total. The standard InChI is InChI=1S/C15H19NO5/c1-15(2)9-16(7-12(8-17)21-15)13(18)10-3-5-11(6-4-10)14(19)20/h3-6,12,17H,7-9H2,1-2H3,(H,19,20). The number of aliphatic hydroxyl groups excluding tert-OH is 1. The summed E-state index contributed by atoms with van der Waals surface area (Å²) in [5, 5.41) is 18.1. The van der Waals surface area contributed by atoms with Crippen LogP contribution in [0.3, 0.4) is 0 Å². The first kappa shape index (κ1) is 15.5. The Labute approximate surface area is 122 Å². The van der Waals surface area contributed by atoms with Crippen molar-refractivity contribution in [2.75, 3.05) is 19.7 Å². The van der Waals surface area contributed by atoms with Crippen LogP contribution in [0.1, 0.15) is 34.6 Å². The molecule has 1 aliphatic heterocycles. The zero-order chi connectivity index (χ0) is 15.6. The van der Waals surface area contributed by atoms with Crippen molar-refractivity contribution in [2.24, 2.45) is 0 Å². The lowest BCUT2D eigenvalue weighted by Gasteiger charge is -2.42. The molecule has 6 heteroatoms. The predicted octanol–water partition coefficient (Wildman–Crippen LogP) is 0.997. The summed E-state index contributed by atoms with van der Waals surface area (Å²) >= 11 is 0.